The molecule has 1 nitrogen and oxygen atoms in total. The van der Waals surface area contributed by atoms with E-state index in [1.165, 1.54) is 11.1 Å². The molecule has 0 aromatic heterocycles. The van der Waals surface area contributed by atoms with Crippen LogP contribution in [-0.4, -0.2) is 5.11 Å². The van der Waals surface area contributed by atoms with Gasteiger partial charge in [0.2, 0.25) is 0 Å². The SMILES string of the molecule is CC(C)Cc1ccc(C(C)/C=C/O)cc1. The van der Waals surface area contributed by atoms with Gasteiger partial charge in [0.05, 0.1) is 6.26 Å². The molecule has 1 atom stereocenters. The summed E-state index contributed by atoms with van der Waals surface area (Å²) in [7, 11) is 0. The van der Waals surface area contributed by atoms with Crippen molar-refractivity contribution in [3.05, 3.63) is 47.7 Å². The largest absolute Gasteiger partial charge is 0.516 e. The summed E-state index contributed by atoms with van der Waals surface area (Å²) in [5.74, 6) is 0.980. The highest BCUT2D eigenvalue weighted by molar-refractivity contribution is 5.27. The highest BCUT2D eigenvalue weighted by Gasteiger charge is 2.02. The molecule has 15 heavy (non-hydrogen) atoms. The predicted molar refractivity (Wildman–Crippen MR) is 65.2 cm³/mol. The average molecular weight is 204 g/mol. The fourth-order valence-corrected chi connectivity index (χ4v) is 1.67. The van der Waals surface area contributed by atoms with Crippen molar-refractivity contribution in [1.29, 1.82) is 0 Å². The van der Waals surface area contributed by atoms with Gasteiger partial charge in [0, 0.05) is 5.92 Å². The molecule has 1 rings (SSSR count). The fraction of sp³-hybridized carbons (Fsp3) is 0.429. The van der Waals surface area contributed by atoms with Crippen molar-refractivity contribution >= 4 is 0 Å². The Morgan fingerprint density at radius 3 is 2.20 bits per heavy atom. The van der Waals surface area contributed by atoms with Gasteiger partial charge in [-0.3, -0.25) is 0 Å². The molecule has 1 heteroatoms. The lowest BCUT2D eigenvalue weighted by Crippen LogP contribution is -1.95. The van der Waals surface area contributed by atoms with Crippen LogP contribution >= 0.6 is 0 Å². The molecule has 0 heterocycles. The molecule has 0 aliphatic carbocycles. The van der Waals surface area contributed by atoms with Gasteiger partial charge >= 0.3 is 0 Å². The first-order valence-electron chi connectivity index (χ1n) is 5.53. The molecule has 1 N–H and O–H groups in total. The van der Waals surface area contributed by atoms with Crippen molar-refractivity contribution in [2.24, 2.45) is 5.92 Å². The van der Waals surface area contributed by atoms with Crippen LogP contribution in [0.5, 0.6) is 0 Å². The molecule has 0 amide bonds. The Morgan fingerprint density at radius 2 is 1.73 bits per heavy atom. The van der Waals surface area contributed by atoms with Crippen LogP contribution in [0.15, 0.2) is 36.6 Å². The van der Waals surface area contributed by atoms with Gasteiger partial charge in [-0.1, -0.05) is 45.0 Å². The second-order valence-corrected chi connectivity index (χ2v) is 4.47. The van der Waals surface area contributed by atoms with Crippen molar-refractivity contribution in [3.63, 3.8) is 0 Å². The Balaban J connectivity index is 2.71. The molecule has 0 aliphatic rings. The first-order valence-corrected chi connectivity index (χ1v) is 5.53. The van der Waals surface area contributed by atoms with Gasteiger partial charge in [-0.05, 0) is 29.5 Å². The third-order valence-corrected chi connectivity index (χ3v) is 2.52. The molecule has 0 saturated heterocycles. The molecule has 0 saturated carbocycles. The number of rotatable bonds is 4. The Labute approximate surface area is 92.5 Å². The Morgan fingerprint density at radius 1 is 1.13 bits per heavy atom. The van der Waals surface area contributed by atoms with Crippen LogP contribution in [0.1, 0.15) is 37.8 Å². The summed E-state index contributed by atoms with van der Waals surface area (Å²) in [6.07, 6.45) is 4.04. The fourth-order valence-electron chi connectivity index (χ4n) is 1.67. The molecule has 82 valence electrons. The zero-order valence-corrected chi connectivity index (χ0v) is 9.77. The van der Waals surface area contributed by atoms with Gasteiger partial charge in [0.15, 0.2) is 0 Å². The second kappa shape index (κ2) is 5.59. The monoisotopic (exact) mass is 204 g/mol. The van der Waals surface area contributed by atoms with Gasteiger partial charge in [-0.2, -0.15) is 0 Å². The van der Waals surface area contributed by atoms with Crippen LogP contribution in [0.4, 0.5) is 0 Å². The van der Waals surface area contributed by atoms with E-state index in [2.05, 4.69) is 45.0 Å². The van der Waals surface area contributed by atoms with Crippen LogP contribution in [0, 0.1) is 5.92 Å². The van der Waals surface area contributed by atoms with Crippen LogP contribution in [0.2, 0.25) is 0 Å². The quantitative estimate of drug-likeness (QED) is 0.733. The van der Waals surface area contributed by atoms with E-state index in [1.807, 2.05) is 0 Å². The second-order valence-electron chi connectivity index (χ2n) is 4.47. The minimum Gasteiger partial charge on any atom is -0.516 e. The maximum Gasteiger partial charge on any atom is 0.0757 e. The normalized spacial score (nSPS) is 13.6. The third kappa shape index (κ3) is 3.78. The van der Waals surface area contributed by atoms with Gasteiger partial charge in [0.1, 0.15) is 0 Å². The van der Waals surface area contributed by atoms with Crippen molar-refractivity contribution in [2.75, 3.05) is 0 Å². The van der Waals surface area contributed by atoms with Crippen LogP contribution in [-0.2, 0) is 6.42 Å². The van der Waals surface area contributed by atoms with Gasteiger partial charge < -0.3 is 5.11 Å². The molecule has 0 bridgehead atoms. The Bertz CT molecular complexity index is 309. The Kier molecular flexibility index (Phi) is 4.41. The lowest BCUT2D eigenvalue weighted by molar-refractivity contribution is 0.469. The van der Waals surface area contributed by atoms with Crippen molar-refractivity contribution in [3.8, 4) is 0 Å². The molecule has 1 unspecified atom stereocenters. The number of aliphatic hydroxyl groups is 1. The third-order valence-electron chi connectivity index (χ3n) is 2.52. The highest BCUT2D eigenvalue weighted by Crippen LogP contribution is 2.18. The summed E-state index contributed by atoms with van der Waals surface area (Å²) in [6.45, 7) is 6.53. The predicted octanol–water partition coefficient (Wildman–Crippen LogP) is 4.06. The van der Waals surface area contributed by atoms with E-state index in [9.17, 15) is 0 Å². The van der Waals surface area contributed by atoms with Gasteiger partial charge in [-0.15, -0.1) is 0 Å². The summed E-state index contributed by atoms with van der Waals surface area (Å²) in [5, 5.41) is 8.69. The molecule has 0 aliphatic heterocycles. The molecule has 1 aromatic rings. The van der Waals surface area contributed by atoms with Crippen LogP contribution < -0.4 is 0 Å². The molecular weight excluding hydrogens is 184 g/mol. The standard InChI is InChI=1S/C14H20O/c1-11(2)10-13-4-6-14(7-5-13)12(3)8-9-15/h4-9,11-12,15H,10H2,1-3H3/b9-8+. The number of hydrogen-bond donors (Lipinski definition) is 1. The average Bonchev–Trinajstić information content (AvgIpc) is 2.18. The summed E-state index contributed by atoms with van der Waals surface area (Å²) < 4.78 is 0. The first kappa shape index (κ1) is 11.8. The van der Waals surface area contributed by atoms with E-state index in [1.54, 1.807) is 6.08 Å². The van der Waals surface area contributed by atoms with E-state index in [0.717, 1.165) is 12.7 Å². The van der Waals surface area contributed by atoms with Crippen LogP contribution in [0.3, 0.4) is 0 Å². The maximum atomic E-state index is 8.69. The maximum absolute atomic E-state index is 8.69. The van der Waals surface area contributed by atoms with E-state index < -0.39 is 0 Å². The van der Waals surface area contributed by atoms with Gasteiger partial charge in [0.25, 0.3) is 0 Å². The van der Waals surface area contributed by atoms with E-state index in [0.29, 0.717) is 5.92 Å². The van der Waals surface area contributed by atoms with E-state index in [4.69, 9.17) is 5.11 Å². The lowest BCUT2D eigenvalue weighted by atomic mass is 9.97. The summed E-state index contributed by atoms with van der Waals surface area (Å²) >= 11 is 0. The number of hydrogen-bond acceptors (Lipinski definition) is 1. The van der Waals surface area contributed by atoms with E-state index >= 15 is 0 Å². The Hall–Kier alpha value is -1.24. The zero-order chi connectivity index (χ0) is 11.3. The molecule has 1 aromatic carbocycles. The number of allylic oxidation sites excluding steroid dienone is 1. The van der Waals surface area contributed by atoms with Crippen molar-refractivity contribution < 1.29 is 5.11 Å². The van der Waals surface area contributed by atoms with Crippen molar-refractivity contribution in [2.45, 2.75) is 33.1 Å². The first-order chi connectivity index (χ1) is 7.13. The van der Waals surface area contributed by atoms with Crippen LogP contribution in [0.25, 0.3) is 0 Å². The van der Waals surface area contributed by atoms with Crippen molar-refractivity contribution in [1.82, 2.24) is 0 Å². The summed E-state index contributed by atoms with van der Waals surface area (Å²) in [5.41, 5.74) is 2.63. The van der Waals surface area contributed by atoms with Gasteiger partial charge in [-0.25, -0.2) is 0 Å². The highest BCUT2D eigenvalue weighted by atomic mass is 16.2. The summed E-state index contributed by atoms with van der Waals surface area (Å²) in [4.78, 5) is 0. The lowest BCUT2D eigenvalue weighted by Gasteiger charge is -2.09. The zero-order valence-electron chi connectivity index (χ0n) is 9.77. The number of aliphatic hydroxyl groups excluding tert-OH is 1. The summed E-state index contributed by atoms with van der Waals surface area (Å²) in [6, 6.07) is 8.64. The molecule has 0 fully saturated rings. The number of benzene rings is 1. The van der Waals surface area contributed by atoms with E-state index in [-0.39, 0.29) is 5.92 Å². The molecule has 0 radical (unpaired) electrons. The minimum atomic E-state index is 0.281. The minimum absolute atomic E-state index is 0.281. The topological polar surface area (TPSA) is 20.2 Å². The smallest absolute Gasteiger partial charge is 0.0757 e. The molecule has 0 spiro atoms. The molecular formula is C14H20O.